The van der Waals surface area contributed by atoms with E-state index in [4.69, 9.17) is 0 Å². The Hall–Kier alpha value is -3.14. The first-order chi connectivity index (χ1) is 11.8. The van der Waals surface area contributed by atoms with Crippen LogP contribution in [0.25, 0.3) is 21.8 Å². The Kier molecular flexibility index (Phi) is 3.50. The molecule has 0 unspecified atom stereocenters. The molecule has 0 fully saturated rings. The fraction of sp³-hybridized carbons (Fsp3) is 0.100. The first-order valence-electron chi connectivity index (χ1n) is 8.01. The summed E-state index contributed by atoms with van der Waals surface area (Å²) in [6, 6.07) is 17.6. The third kappa shape index (κ3) is 2.33. The van der Waals surface area contributed by atoms with Gasteiger partial charge in [-0.2, -0.15) is 0 Å². The summed E-state index contributed by atoms with van der Waals surface area (Å²) in [5, 5.41) is 4.98. The van der Waals surface area contributed by atoms with Gasteiger partial charge < -0.3 is 9.88 Å². The first-order valence-corrected chi connectivity index (χ1v) is 8.01. The van der Waals surface area contributed by atoms with Crippen molar-refractivity contribution in [2.45, 2.75) is 13.5 Å². The van der Waals surface area contributed by atoms with Gasteiger partial charge in [0.25, 0.3) is 5.91 Å². The predicted molar refractivity (Wildman–Crippen MR) is 97.3 cm³/mol. The van der Waals surface area contributed by atoms with Crippen molar-refractivity contribution in [2.75, 3.05) is 5.32 Å². The molecule has 1 N–H and O–H groups in total. The van der Waals surface area contributed by atoms with Crippen molar-refractivity contribution in [1.29, 1.82) is 0 Å². The maximum Gasteiger partial charge on any atom is 0.257 e. The number of carbonyl (C=O) groups excluding carboxylic acids is 1. The van der Waals surface area contributed by atoms with Gasteiger partial charge in [-0.05, 0) is 25.1 Å². The highest BCUT2D eigenvalue weighted by Crippen LogP contribution is 2.25. The van der Waals surface area contributed by atoms with Crippen molar-refractivity contribution in [3.05, 3.63) is 72.6 Å². The molecule has 2 heterocycles. The molecular formula is C20H17N3O. The van der Waals surface area contributed by atoms with Gasteiger partial charge in [0, 0.05) is 35.2 Å². The minimum absolute atomic E-state index is 0.114. The highest BCUT2D eigenvalue weighted by Gasteiger charge is 2.15. The molecule has 4 heteroatoms. The molecular weight excluding hydrogens is 298 g/mol. The second-order valence-electron chi connectivity index (χ2n) is 5.68. The van der Waals surface area contributed by atoms with Crippen molar-refractivity contribution < 1.29 is 4.79 Å². The highest BCUT2D eigenvalue weighted by atomic mass is 16.1. The van der Waals surface area contributed by atoms with Gasteiger partial charge in [-0.25, -0.2) is 0 Å². The summed E-state index contributed by atoms with van der Waals surface area (Å²) in [4.78, 5) is 17.2. The van der Waals surface area contributed by atoms with Crippen LogP contribution in [0.1, 0.15) is 17.3 Å². The molecule has 2 aromatic carbocycles. The number of hydrogen-bond donors (Lipinski definition) is 1. The molecule has 0 saturated carbocycles. The van der Waals surface area contributed by atoms with Crippen molar-refractivity contribution >= 4 is 33.4 Å². The van der Waals surface area contributed by atoms with Gasteiger partial charge in [-0.15, -0.1) is 0 Å². The summed E-state index contributed by atoms with van der Waals surface area (Å²) in [6.07, 6.45) is 3.65. The second-order valence-corrected chi connectivity index (χ2v) is 5.68. The average Bonchev–Trinajstić information content (AvgIpc) is 3.01. The molecule has 0 aliphatic carbocycles. The van der Waals surface area contributed by atoms with Gasteiger partial charge in [0.2, 0.25) is 0 Å². The number of benzene rings is 2. The number of para-hydroxylation sites is 2. The standard InChI is InChI=1S/C20H17N3O/c1-2-23-13-16(15-9-3-4-11-18(15)23)20(24)22-17-10-5-7-14-8-6-12-21-19(14)17/h3-13H,2H2,1H3,(H,22,24). The monoisotopic (exact) mass is 315 g/mol. The van der Waals surface area contributed by atoms with E-state index in [1.807, 2.05) is 60.8 Å². The zero-order valence-corrected chi connectivity index (χ0v) is 13.4. The van der Waals surface area contributed by atoms with Crippen molar-refractivity contribution in [1.82, 2.24) is 9.55 Å². The van der Waals surface area contributed by atoms with Gasteiger partial charge in [0.1, 0.15) is 0 Å². The Morgan fingerprint density at radius 1 is 1.08 bits per heavy atom. The number of anilines is 1. The number of carbonyl (C=O) groups is 1. The van der Waals surface area contributed by atoms with Gasteiger partial charge in [-0.1, -0.05) is 36.4 Å². The van der Waals surface area contributed by atoms with Crippen LogP contribution in [0.4, 0.5) is 5.69 Å². The molecule has 4 nitrogen and oxygen atoms in total. The number of hydrogen-bond acceptors (Lipinski definition) is 2. The first kappa shape index (κ1) is 14.5. The molecule has 4 rings (SSSR count). The summed E-state index contributed by atoms with van der Waals surface area (Å²) in [5.41, 5.74) is 3.28. The quantitative estimate of drug-likeness (QED) is 0.606. The molecule has 24 heavy (non-hydrogen) atoms. The molecule has 0 spiro atoms. The number of amides is 1. The number of nitrogens with one attached hydrogen (secondary N) is 1. The smallest absolute Gasteiger partial charge is 0.257 e. The zero-order valence-electron chi connectivity index (χ0n) is 13.4. The Labute approximate surface area is 139 Å². The third-order valence-corrected chi connectivity index (χ3v) is 4.25. The van der Waals surface area contributed by atoms with E-state index in [0.717, 1.165) is 34.0 Å². The Morgan fingerprint density at radius 2 is 1.92 bits per heavy atom. The van der Waals surface area contributed by atoms with E-state index in [1.165, 1.54) is 0 Å². The highest BCUT2D eigenvalue weighted by molar-refractivity contribution is 6.14. The van der Waals surface area contributed by atoms with Gasteiger partial charge in [0.15, 0.2) is 0 Å². The van der Waals surface area contributed by atoms with Crippen LogP contribution in [0.15, 0.2) is 67.0 Å². The molecule has 0 bridgehead atoms. The molecule has 0 atom stereocenters. The largest absolute Gasteiger partial charge is 0.347 e. The molecule has 0 radical (unpaired) electrons. The van der Waals surface area contributed by atoms with Gasteiger partial charge in [0.05, 0.1) is 16.8 Å². The SMILES string of the molecule is CCn1cc(C(=O)Nc2cccc3cccnc23)c2ccccc21. The number of fused-ring (bicyclic) bond motifs is 2. The van der Waals surface area contributed by atoms with E-state index in [-0.39, 0.29) is 5.91 Å². The third-order valence-electron chi connectivity index (χ3n) is 4.25. The van der Waals surface area contributed by atoms with E-state index < -0.39 is 0 Å². The molecule has 0 aliphatic heterocycles. The van der Waals surface area contributed by atoms with Gasteiger partial charge in [-0.3, -0.25) is 9.78 Å². The van der Waals surface area contributed by atoms with E-state index >= 15 is 0 Å². The summed E-state index contributed by atoms with van der Waals surface area (Å²) in [7, 11) is 0. The molecule has 118 valence electrons. The fourth-order valence-corrected chi connectivity index (χ4v) is 3.08. The Bertz CT molecular complexity index is 1040. The lowest BCUT2D eigenvalue weighted by Crippen LogP contribution is -2.12. The minimum atomic E-state index is -0.114. The summed E-state index contributed by atoms with van der Waals surface area (Å²) in [5.74, 6) is -0.114. The summed E-state index contributed by atoms with van der Waals surface area (Å²) < 4.78 is 2.09. The van der Waals surface area contributed by atoms with Crippen molar-refractivity contribution in [2.24, 2.45) is 0 Å². The maximum absolute atomic E-state index is 12.8. The van der Waals surface area contributed by atoms with Crippen LogP contribution in [0, 0.1) is 0 Å². The molecule has 1 amide bonds. The number of rotatable bonds is 3. The lowest BCUT2D eigenvalue weighted by Gasteiger charge is -2.07. The zero-order chi connectivity index (χ0) is 16.5. The normalized spacial score (nSPS) is 11.0. The maximum atomic E-state index is 12.8. The van der Waals surface area contributed by atoms with E-state index in [2.05, 4.69) is 21.8 Å². The van der Waals surface area contributed by atoms with E-state index in [0.29, 0.717) is 5.56 Å². The lowest BCUT2D eigenvalue weighted by atomic mass is 10.1. The van der Waals surface area contributed by atoms with E-state index in [1.54, 1.807) is 6.20 Å². The van der Waals surface area contributed by atoms with Crippen LogP contribution in [0.2, 0.25) is 0 Å². The minimum Gasteiger partial charge on any atom is -0.347 e. The van der Waals surface area contributed by atoms with Crippen LogP contribution in [-0.4, -0.2) is 15.5 Å². The lowest BCUT2D eigenvalue weighted by molar-refractivity contribution is 0.102. The number of aromatic nitrogens is 2. The molecule has 0 aliphatic rings. The summed E-state index contributed by atoms with van der Waals surface area (Å²) >= 11 is 0. The Balaban J connectivity index is 1.77. The number of nitrogens with zero attached hydrogens (tertiary/aromatic N) is 2. The molecule has 2 aromatic heterocycles. The average molecular weight is 315 g/mol. The van der Waals surface area contributed by atoms with Crippen LogP contribution in [-0.2, 0) is 6.54 Å². The Morgan fingerprint density at radius 3 is 2.79 bits per heavy atom. The van der Waals surface area contributed by atoms with Gasteiger partial charge >= 0.3 is 0 Å². The predicted octanol–water partition coefficient (Wildman–Crippen LogP) is 4.46. The molecule has 0 saturated heterocycles. The molecule has 4 aromatic rings. The van der Waals surface area contributed by atoms with Crippen molar-refractivity contribution in [3.63, 3.8) is 0 Å². The fourth-order valence-electron chi connectivity index (χ4n) is 3.08. The van der Waals surface area contributed by atoms with E-state index in [9.17, 15) is 4.79 Å². The van der Waals surface area contributed by atoms with Crippen molar-refractivity contribution in [3.8, 4) is 0 Å². The van der Waals surface area contributed by atoms with Crippen LogP contribution >= 0.6 is 0 Å². The van der Waals surface area contributed by atoms with Crippen LogP contribution < -0.4 is 5.32 Å². The van der Waals surface area contributed by atoms with Crippen LogP contribution in [0.3, 0.4) is 0 Å². The summed E-state index contributed by atoms with van der Waals surface area (Å²) in [6.45, 7) is 2.90. The second kappa shape index (κ2) is 5.81. The van der Waals surface area contributed by atoms with Crippen LogP contribution in [0.5, 0.6) is 0 Å². The number of aryl methyl sites for hydroxylation is 1. The number of pyridine rings is 1. The topological polar surface area (TPSA) is 46.9 Å².